The van der Waals surface area contributed by atoms with Crippen molar-refractivity contribution in [1.82, 2.24) is 0 Å². The van der Waals surface area contributed by atoms with Gasteiger partial charge in [0.2, 0.25) is 0 Å². The third-order valence-electron chi connectivity index (χ3n) is 3.06. The Morgan fingerprint density at radius 3 is 2.47 bits per heavy atom. The number of aliphatic hydroxyl groups excluding tert-OH is 1. The number of anilines is 1. The normalized spacial score (nSPS) is 16.8. The van der Waals surface area contributed by atoms with E-state index in [2.05, 4.69) is 0 Å². The lowest BCUT2D eigenvalue weighted by Gasteiger charge is -2.07. The molecule has 1 atom stereocenters. The van der Waals surface area contributed by atoms with Gasteiger partial charge in [0, 0.05) is 5.02 Å². The summed E-state index contributed by atoms with van der Waals surface area (Å²) in [5.74, 6) is 0. The Hall–Kier alpha value is -1.22. The van der Waals surface area contributed by atoms with Crippen LogP contribution in [0.4, 0.5) is 5.69 Å². The fourth-order valence-corrected chi connectivity index (χ4v) is 2.58. The maximum absolute atomic E-state index is 10.2. The summed E-state index contributed by atoms with van der Waals surface area (Å²) in [5.41, 5.74) is 9.68. The topological polar surface area (TPSA) is 46.2 Å². The molecule has 2 aromatic carbocycles. The van der Waals surface area contributed by atoms with Crippen molar-refractivity contribution in [2.24, 2.45) is 0 Å². The van der Waals surface area contributed by atoms with E-state index in [1.807, 2.05) is 6.07 Å². The second kappa shape index (κ2) is 3.64. The third kappa shape index (κ3) is 1.53. The average Bonchev–Trinajstić information content (AvgIpc) is 2.54. The molecule has 2 nitrogen and oxygen atoms in total. The molecule has 0 spiro atoms. The van der Waals surface area contributed by atoms with E-state index in [9.17, 15) is 5.11 Å². The van der Waals surface area contributed by atoms with Gasteiger partial charge in [0.15, 0.2) is 0 Å². The summed E-state index contributed by atoms with van der Waals surface area (Å²) in [5, 5.41) is 11.3. The zero-order valence-electron chi connectivity index (χ0n) is 8.74. The summed E-state index contributed by atoms with van der Waals surface area (Å²) >= 11 is 11.9. The van der Waals surface area contributed by atoms with E-state index in [0.717, 1.165) is 22.3 Å². The molecule has 17 heavy (non-hydrogen) atoms. The van der Waals surface area contributed by atoms with E-state index < -0.39 is 6.10 Å². The molecule has 0 saturated heterocycles. The Kier molecular flexibility index (Phi) is 2.33. The molecule has 0 bridgehead atoms. The maximum Gasteiger partial charge on any atom is 0.105 e. The van der Waals surface area contributed by atoms with Gasteiger partial charge in [-0.25, -0.2) is 0 Å². The molecule has 0 aliphatic heterocycles. The van der Waals surface area contributed by atoms with Crippen molar-refractivity contribution < 1.29 is 5.11 Å². The van der Waals surface area contributed by atoms with Crippen molar-refractivity contribution in [2.75, 3.05) is 5.73 Å². The van der Waals surface area contributed by atoms with Crippen LogP contribution in [0.3, 0.4) is 0 Å². The molecule has 0 aromatic heterocycles. The van der Waals surface area contributed by atoms with Gasteiger partial charge in [0.1, 0.15) is 6.10 Å². The Morgan fingerprint density at radius 1 is 1.00 bits per heavy atom. The number of fused-ring (bicyclic) bond motifs is 3. The van der Waals surface area contributed by atoms with Gasteiger partial charge in [-0.15, -0.1) is 0 Å². The first kappa shape index (κ1) is 10.9. The molecule has 3 N–H and O–H groups in total. The van der Waals surface area contributed by atoms with Crippen LogP contribution in [-0.2, 0) is 0 Å². The lowest BCUT2D eigenvalue weighted by molar-refractivity contribution is 0.225. The number of halogens is 2. The van der Waals surface area contributed by atoms with Gasteiger partial charge < -0.3 is 10.8 Å². The zero-order chi connectivity index (χ0) is 12.2. The van der Waals surface area contributed by atoms with Crippen LogP contribution in [-0.4, -0.2) is 5.11 Å². The van der Waals surface area contributed by atoms with Crippen LogP contribution in [0, 0.1) is 0 Å². The lowest BCUT2D eigenvalue weighted by Crippen LogP contribution is -1.95. The molecule has 2 aromatic rings. The van der Waals surface area contributed by atoms with E-state index in [4.69, 9.17) is 28.9 Å². The highest BCUT2D eigenvalue weighted by Gasteiger charge is 2.28. The minimum Gasteiger partial charge on any atom is -0.398 e. The Bertz CT molecular complexity index is 625. The largest absolute Gasteiger partial charge is 0.398 e. The minimum absolute atomic E-state index is 0.475. The SMILES string of the molecule is Nc1cc2c(cc1Cl)-c1ccc(Cl)cc1C2O. The van der Waals surface area contributed by atoms with Gasteiger partial charge in [-0.2, -0.15) is 0 Å². The summed E-state index contributed by atoms with van der Waals surface area (Å²) < 4.78 is 0. The monoisotopic (exact) mass is 265 g/mol. The van der Waals surface area contributed by atoms with Gasteiger partial charge >= 0.3 is 0 Å². The first-order chi connectivity index (χ1) is 8.08. The highest BCUT2D eigenvalue weighted by Crippen LogP contribution is 2.46. The molecule has 0 heterocycles. The zero-order valence-corrected chi connectivity index (χ0v) is 10.3. The van der Waals surface area contributed by atoms with Gasteiger partial charge in [0.25, 0.3) is 0 Å². The number of rotatable bonds is 0. The first-order valence-electron chi connectivity index (χ1n) is 5.14. The summed E-state index contributed by atoms with van der Waals surface area (Å²) in [7, 11) is 0. The molecule has 0 fully saturated rings. The lowest BCUT2D eigenvalue weighted by atomic mass is 10.1. The number of hydrogen-bond donors (Lipinski definition) is 2. The van der Waals surface area contributed by atoms with Crippen molar-refractivity contribution in [1.29, 1.82) is 0 Å². The second-order valence-electron chi connectivity index (χ2n) is 4.10. The van der Waals surface area contributed by atoms with Crippen LogP contribution >= 0.6 is 23.2 Å². The average molecular weight is 266 g/mol. The van der Waals surface area contributed by atoms with Crippen LogP contribution in [0.25, 0.3) is 11.1 Å². The van der Waals surface area contributed by atoms with Crippen LogP contribution < -0.4 is 5.73 Å². The predicted molar refractivity (Wildman–Crippen MR) is 70.4 cm³/mol. The maximum atomic E-state index is 10.2. The van der Waals surface area contributed by atoms with Crippen LogP contribution in [0.2, 0.25) is 10.0 Å². The van der Waals surface area contributed by atoms with E-state index in [1.165, 1.54) is 0 Å². The van der Waals surface area contributed by atoms with Crippen LogP contribution in [0.1, 0.15) is 17.2 Å². The summed E-state index contributed by atoms with van der Waals surface area (Å²) in [4.78, 5) is 0. The molecule has 4 heteroatoms. The van der Waals surface area contributed by atoms with E-state index in [-0.39, 0.29) is 0 Å². The van der Waals surface area contributed by atoms with Crippen molar-refractivity contribution in [2.45, 2.75) is 6.10 Å². The molecule has 1 aliphatic carbocycles. The molecule has 1 aliphatic rings. The van der Waals surface area contributed by atoms with Crippen LogP contribution in [0.15, 0.2) is 30.3 Å². The molecule has 0 amide bonds. The van der Waals surface area contributed by atoms with Gasteiger partial charge in [-0.3, -0.25) is 0 Å². The fourth-order valence-electron chi connectivity index (χ4n) is 2.24. The Labute approximate surface area is 109 Å². The molecule has 86 valence electrons. The molecule has 0 radical (unpaired) electrons. The molecule has 3 rings (SSSR count). The smallest absolute Gasteiger partial charge is 0.105 e. The summed E-state index contributed by atoms with van der Waals surface area (Å²) in [6.07, 6.45) is -0.682. The fraction of sp³-hybridized carbons (Fsp3) is 0.0769. The minimum atomic E-state index is -0.682. The van der Waals surface area contributed by atoms with Gasteiger partial charge in [-0.1, -0.05) is 29.3 Å². The Balaban J connectivity index is 2.31. The summed E-state index contributed by atoms with van der Waals surface area (Å²) in [6, 6.07) is 8.96. The standard InChI is InChI=1S/C13H9Cl2NO/c14-6-1-2-7-8-4-11(15)12(16)5-10(8)13(17)9(7)3-6/h1-5,13,17H,16H2. The number of nitrogen functional groups attached to an aromatic ring is 1. The van der Waals surface area contributed by atoms with Crippen LogP contribution in [0.5, 0.6) is 0 Å². The van der Waals surface area contributed by atoms with E-state index in [0.29, 0.717) is 15.7 Å². The molecular formula is C13H9Cl2NO. The van der Waals surface area contributed by atoms with Gasteiger partial charge in [0.05, 0.1) is 10.7 Å². The van der Waals surface area contributed by atoms with Crippen molar-refractivity contribution in [3.8, 4) is 11.1 Å². The number of nitrogens with two attached hydrogens (primary N) is 1. The number of aliphatic hydroxyl groups is 1. The molecule has 1 unspecified atom stereocenters. The number of benzene rings is 2. The second-order valence-corrected chi connectivity index (χ2v) is 4.94. The first-order valence-corrected chi connectivity index (χ1v) is 5.90. The number of hydrogen-bond acceptors (Lipinski definition) is 2. The predicted octanol–water partition coefficient (Wildman–Crippen LogP) is 3.64. The quantitative estimate of drug-likeness (QED) is 0.715. The highest BCUT2D eigenvalue weighted by atomic mass is 35.5. The van der Waals surface area contributed by atoms with E-state index >= 15 is 0 Å². The van der Waals surface area contributed by atoms with Crippen molar-refractivity contribution in [3.05, 3.63) is 51.5 Å². The third-order valence-corrected chi connectivity index (χ3v) is 3.62. The van der Waals surface area contributed by atoms with Gasteiger partial charge in [-0.05, 0) is 46.5 Å². The molecule has 0 saturated carbocycles. The highest BCUT2D eigenvalue weighted by molar-refractivity contribution is 6.33. The summed E-state index contributed by atoms with van der Waals surface area (Å²) in [6.45, 7) is 0. The Morgan fingerprint density at radius 2 is 1.71 bits per heavy atom. The van der Waals surface area contributed by atoms with Crippen molar-refractivity contribution >= 4 is 28.9 Å². The molecular weight excluding hydrogens is 257 g/mol. The van der Waals surface area contributed by atoms with E-state index in [1.54, 1.807) is 24.3 Å². The van der Waals surface area contributed by atoms with Crippen molar-refractivity contribution in [3.63, 3.8) is 0 Å².